The maximum absolute atomic E-state index is 13.0. The van der Waals surface area contributed by atoms with Crippen LogP contribution in [0.2, 0.25) is 0 Å². The van der Waals surface area contributed by atoms with E-state index in [4.69, 9.17) is 17.0 Å². The number of rotatable bonds is 8. The van der Waals surface area contributed by atoms with Crippen molar-refractivity contribution in [1.29, 1.82) is 0 Å². The summed E-state index contributed by atoms with van der Waals surface area (Å²) in [6.45, 7) is 10.4. The van der Waals surface area contributed by atoms with Crippen molar-refractivity contribution in [2.75, 3.05) is 45.9 Å². The summed E-state index contributed by atoms with van der Waals surface area (Å²) in [4.78, 5) is 20.6. The molecular formula is C27H34N4O2S. The third kappa shape index (κ3) is 6.44. The van der Waals surface area contributed by atoms with E-state index in [1.165, 1.54) is 11.1 Å². The third-order valence-corrected chi connectivity index (χ3v) is 6.74. The van der Waals surface area contributed by atoms with Crippen LogP contribution in [0.3, 0.4) is 0 Å². The Hall–Kier alpha value is -2.74. The second-order valence-corrected chi connectivity index (χ2v) is 9.40. The van der Waals surface area contributed by atoms with Crippen LogP contribution in [0, 0.1) is 13.8 Å². The largest absolute Gasteiger partial charge is 0.379 e. The van der Waals surface area contributed by atoms with E-state index in [1.54, 1.807) is 0 Å². The van der Waals surface area contributed by atoms with Crippen molar-refractivity contribution in [2.24, 2.45) is 0 Å². The van der Waals surface area contributed by atoms with Gasteiger partial charge in [0.1, 0.15) is 0 Å². The lowest BCUT2D eigenvalue weighted by Crippen LogP contribution is -2.46. The molecule has 0 saturated carbocycles. The van der Waals surface area contributed by atoms with E-state index in [0.29, 0.717) is 11.7 Å². The number of morpholine rings is 1. The number of nitrogens with zero attached hydrogens (tertiary/aromatic N) is 2. The number of hydrogen-bond donors (Lipinski definition) is 2. The number of ether oxygens (including phenoxy) is 1. The molecule has 0 atom stereocenters. The number of thiocarbonyl (C=S) groups is 1. The van der Waals surface area contributed by atoms with Gasteiger partial charge in [-0.25, -0.2) is 0 Å². The molecule has 6 nitrogen and oxygen atoms in total. The monoisotopic (exact) mass is 478 g/mol. The molecule has 0 bridgehead atoms. The van der Waals surface area contributed by atoms with Crippen LogP contribution in [-0.2, 0) is 17.7 Å². The number of nitrogens with one attached hydrogen (secondary N) is 2. The first kappa shape index (κ1) is 24.4. The topological polar surface area (TPSA) is 60.6 Å². The molecule has 1 saturated heterocycles. The maximum atomic E-state index is 13.0. The molecule has 180 valence electrons. The van der Waals surface area contributed by atoms with Gasteiger partial charge < -0.3 is 19.9 Å². The molecule has 1 fully saturated rings. The summed E-state index contributed by atoms with van der Waals surface area (Å²) >= 11 is 5.80. The number of aryl methyl sites for hydroxylation is 2. The van der Waals surface area contributed by atoms with Gasteiger partial charge in [0.15, 0.2) is 5.11 Å². The van der Waals surface area contributed by atoms with Crippen molar-refractivity contribution in [3.05, 3.63) is 81.1 Å². The summed E-state index contributed by atoms with van der Waals surface area (Å²) in [5.41, 5.74) is 5.12. The standard InChI is InChI=1S/C27H34N4O2S/c1-20-16-21(2)25-23(17-20)18-24(26(32)29-25)19-31(11-10-30-12-14-33-15-13-30)27(34)28-9-8-22-6-4-3-5-7-22/h3-7,16-18H,8-15,19H2,1-2H3,(H,28,34)(H,29,32). The highest BCUT2D eigenvalue weighted by Crippen LogP contribution is 2.18. The van der Waals surface area contributed by atoms with Crippen LogP contribution < -0.4 is 10.9 Å². The summed E-state index contributed by atoms with van der Waals surface area (Å²) in [6.07, 6.45) is 0.896. The molecule has 3 aromatic rings. The van der Waals surface area contributed by atoms with Crippen molar-refractivity contribution >= 4 is 28.2 Å². The normalized spacial score (nSPS) is 14.3. The van der Waals surface area contributed by atoms with Gasteiger partial charge in [-0.15, -0.1) is 0 Å². The summed E-state index contributed by atoms with van der Waals surface area (Å²) < 4.78 is 5.48. The molecule has 2 N–H and O–H groups in total. The maximum Gasteiger partial charge on any atom is 0.253 e. The molecule has 0 spiro atoms. The molecule has 0 aliphatic carbocycles. The molecule has 0 unspecified atom stereocenters. The molecule has 4 rings (SSSR count). The van der Waals surface area contributed by atoms with Crippen LogP contribution in [0.4, 0.5) is 0 Å². The minimum absolute atomic E-state index is 0.0529. The molecule has 7 heteroatoms. The highest BCUT2D eigenvalue weighted by molar-refractivity contribution is 7.80. The first-order valence-corrected chi connectivity index (χ1v) is 12.4. The predicted octanol–water partition coefficient (Wildman–Crippen LogP) is 3.40. The molecule has 0 amide bonds. The van der Waals surface area contributed by atoms with Crippen molar-refractivity contribution in [2.45, 2.75) is 26.8 Å². The Labute approximate surface area is 206 Å². The average Bonchev–Trinajstić information content (AvgIpc) is 2.84. The van der Waals surface area contributed by atoms with E-state index in [-0.39, 0.29) is 5.56 Å². The fourth-order valence-corrected chi connectivity index (χ4v) is 4.72. The zero-order valence-corrected chi connectivity index (χ0v) is 20.9. The van der Waals surface area contributed by atoms with Crippen molar-refractivity contribution in [1.82, 2.24) is 20.1 Å². The van der Waals surface area contributed by atoms with Gasteiger partial charge in [0.25, 0.3) is 5.56 Å². The minimum atomic E-state index is -0.0529. The molecule has 2 heterocycles. The number of pyridine rings is 1. The molecule has 34 heavy (non-hydrogen) atoms. The SMILES string of the molecule is Cc1cc(C)c2[nH]c(=O)c(CN(CCN3CCOCC3)C(=S)NCCc3ccccc3)cc2c1. The fourth-order valence-electron chi connectivity index (χ4n) is 4.46. The first-order chi connectivity index (χ1) is 16.5. The van der Waals surface area contributed by atoms with E-state index in [1.807, 2.05) is 19.1 Å². The molecular weight excluding hydrogens is 444 g/mol. The van der Waals surface area contributed by atoms with Crippen molar-refractivity contribution in [3.8, 4) is 0 Å². The second-order valence-electron chi connectivity index (χ2n) is 9.01. The Morgan fingerprint density at radius 1 is 1.15 bits per heavy atom. The van der Waals surface area contributed by atoms with Crippen molar-refractivity contribution < 1.29 is 4.74 Å². The fraction of sp³-hybridized carbons (Fsp3) is 0.407. The smallest absolute Gasteiger partial charge is 0.253 e. The van der Waals surface area contributed by atoms with Crippen LogP contribution in [0.25, 0.3) is 10.9 Å². The van der Waals surface area contributed by atoms with E-state index in [2.05, 4.69) is 63.4 Å². The Morgan fingerprint density at radius 2 is 1.91 bits per heavy atom. The zero-order valence-electron chi connectivity index (χ0n) is 20.1. The van der Waals surface area contributed by atoms with Crippen LogP contribution in [-0.4, -0.2) is 65.8 Å². The third-order valence-electron chi connectivity index (χ3n) is 6.34. The average molecular weight is 479 g/mol. The molecule has 0 radical (unpaired) electrons. The van der Waals surface area contributed by atoms with Crippen LogP contribution in [0.1, 0.15) is 22.3 Å². The Kier molecular flexibility index (Phi) is 8.32. The number of benzene rings is 2. The van der Waals surface area contributed by atoms with Gasteiger partial charge in [-0.3, -0.25) is 9.69 Å². The van der Waals surface area contributed by atoms with Gasteiger partial charge in [0.05, 0.1) is 25.3 Å². The minimum Gasteiger partial charge on any atom is -0.379 e. The first-order valence-electron chi connectivity index (χ1n) is 12.0. The lowest BCUT2D eigenvalue weighted by atomic mass is 10.1. The van der Waals surface area contributed by atoms with Crippen LogP contribution >= 0.6 is 12.2 Å². The number of aromatic amines is 1. The summed E-state index contributed by atoms with van der Waals surface area (Å²) in [7, 11) is 0. The highest BCUT2D eigenvalue weighted by atomic mass is 32.1. The Balaban J connectivity index is 1.49. The van der Waals surface area contributed by atoms with E-state index in [9.17, 15) is 4.79 Å². The molecule has 1 aromatic heterocycles. The van der Waals surface area contributed by atoms with Gasteiger partial charge in [-0.1, -0.05) is 42.0 Å². The number of hydrogen-bond acceptors (Lipinski definition) is 4. The van der Waals surface area contributed by atoms with Crippen molar-refractivity contribution in [3.63, 3.8) is 0 Å². The number of fused-ring (bicyclic) bond motifs is 1. The predicted molar refractivity (Wildman–Crippen MR) is 142 cm³/mol. The number of H-pyrrole nitrogens is 1. The van der Waals surface area contributed by atoms with Gasteiger partial charge in [0.2, 0.25) is 0 Å². The lowest BCUT2D eigenvalue weighted by Gasteiger charge is -2.31. The van der Waals surface area contributed by atoms with Crippen LogP contribution in [0.5, 0.6) is 0 Å². The highest BCUT2D eigenvalue weighted by Gasteiger charge is 2.17. The second kappa shape index (κ2) is 11.6. The molecule has 1 aliphatic heterocycles. The summed E-state index contributed by atoms with van der Waals surface area (Å²) in [6, 6.07) is 16.6. The van der Waals surface area contributed by atoms with E-state index >= 15 is 0 Å². The summed E-state index contributed by atoms with van der Waals surface area (Å²) in [5, 5.41) is 5.16. The van der Waals surface area contributed by atoms with Gasteiger partial charge in [-0.2, -0.15) is 0 Å². The van der Waals surface area contributed by atoms with E-state index < -0.39 is 0 Å². The van der Waals surface area contributed by atoms with Gasteiger partial charge in [-0.05, 0) is 61.1 Å². The Morgan fingerprint density at radius 3 is 2.68 bits per heavy atom. The zero-order chi connectivity index (χ0) is 23.9. The van der Waals surface area contributed by atoms with Crippen LogP contribution in [0.15, 0.2) is 53.3 Å². The number of aromatic nitrogens is 1. The van der Waals surface area contributed by atoms with Gasteiger partial charge in [0, 0.05) is 38.3 Å². The van der Waals surface area contributed by atoms with E-state index in [0.717, 1.165) is 74.4 Å². The molecule has 1 aliphatic rings. The summed E-state index contributed by atoms with van der Waals surface area (Å²) in [5.74, 6) is 0. The Bertz CT molecular complexity index is 1170. The quantitative estimate of drug-likeness (QED) is 0.484. The molecule has 2 aromatic carbocycles. The van der Waals surface area contributed by atoms with Gasteiger partial charge >= 0.3 is 0 Å². The lowest BCUT2D eigenvalue weighted by molar-refractivity contribution is 0.0357.